The van der Waals surface area contributed by atoms with Crippen LogP contribution in [0.15, 0.2) is 94.6 Å². The maximum Gasteiger partial charge on any atom is 0.420 e. The van der Waals surface area contributed by atoms with Gasteiger partial charge in [0.1, 0.15) is 24.4 Å². The molecule has 52 heavy (non-hydrogen) atoms. The van der Waals surface area contributed by atoms with Crippen molar-refractivity contribution < 1.29 is 32.6 Å². The van der Waals surface area contributed by atoms with Crippen LogP contribution in [0, 0.1) is 6.92 Å². The van der Waals surface area contributed by atoms with Crippen LogP contribution in [0.2, 0.25) is 0 Å². The van der Waals surface area contributed by atoms with Gasteiger partial charge in [0, 0.05) is 40.9 Å². The maximum absolute atomic E-state index is 14.3. The number of benzene rings is 3. The Morgan fingerprint density at radius 2 is 1.81 bits per heavy atom. The summed E-state index contributed by atoms with van der Waals surface area (Å²) in [7, 11) is 0. The lowest BCUT2D eigenvalue weighted by Gasteiger charge is -2.34. The van der Waals surface area contributed by atoms with Gasteiger partial charge in [0.05, 0.1) is 23.6 Å². The van der Waals surface area contributed by atoms with Crippen molar-refractivity contribution in [1.82, 2.24) is 29.3 Å². The number of carbonyl (C=O) groups is 2. The molecule has 3 heterocycles. The topological polar surface area (TPSA) is 132 Å². The Bertz CT molecular complexity index is 2190. The van der Waals surface area contributed by atoms with E-state index in [0.29, 0.717) is 23.9 Å². The molecule has 0 fully saturated rings. The van der Waals surface area contributed by atoms with Gasteiger partial charge >= 0.3 is 11.9 Å². The lowest BCUT2D eigenvalue weighted by molar-refractivity contribution is -0.260. The number of nitrogens with zero attached hydrogens (tertiary/aromatic N) is 5. The summed E-state index contributed by atoms with van der Waals surface area (Å²) in [6.07, 6.45) is -1.87. The number of imidazole rings is 1. The quantitative estimate of drug-likeness (QED) is 0.193. The van der Waals surface area contributed by atoms with Gasteiger partial charge in [-0.1, -0.05) is 40.2 Å². The van der Waals surface area contributed by atoms with Crippen molar-refractivity contribution in [3.8, 4) is 22.7 Å². The molecule has 0 unspecified atom stereocenters. The van der Waals surface area contributed by atoms with Crippen molar-refractivity contribution in [1.29, 1.82) is 0 Å². The molecule has 5 aromatic rings. The van der Waals surface area contributed by atoms with E-state index in [9.17, 15) is 32.7 Å². The SMILES string of the molecule is Cc1cc(C(=O)N2Cc3c(C(=O)NCc4ccccc4-c4ccncn4)n(-c4ccc(OC[C@@](C)(O)C(F)(F)F)cc4)c(=O)n3C[C@@H]2C)ccc1Br. The summed E-state index contributed by atoms with van der Waals surface area (Å²) in [5.41, 5.74) is 0.435. The second-order valence-electron chi connectivity index (χ2n) is 12.8. The number of nitrogens with one attached hydrogen (secondary N) is 1. The van der Waals surface area contributed by atoms with E-state index in [1.807, 2.05) is 38.1 Å². The van der Waals surface area contributed by atoms with Crippen molar-refractivity contribution in [3.05, 3.63) is 128 Å². The molecule has 1 aliphatic rings. The van der Waals surface area contributed by atoms with Crippen LogP contribution < -0.4 is 15.7 Å². The summed E-state index contributed by atoms with van der Waals surface area (Å²) in [5.74, 6) is -0.852. The average molecular weight is 780 g/mol. The van der Waals surface area contributed by atoms with Gasteiger partial charge in [0.2, 0.25) is 0 Å². The number of aryl methyl sites for hydroxylation is 1. The number of fused-ring (bicyclic) bond motifs is 1. The fraction of sp³-hybridized carbons (Fsp3) is 0.270. The molecule has 0 bridgehead atoms. The molecule has 0 saturated carbocycles. The highest BCUT2D eigenvalue weighted by molar-refractivity contribution is 9.10. The molecule has 2 aromatic heterocycles. The molecule has 11 nitrogen and oxygen atoms in total. The Kier molecular flexibility index (Phi) is 10.1. The van der Waals surface area contributed by atoms with Crippen molar-refractivity contribution in [3.63, 3.8) is 0 Å². The summed E-state index contributed by atoms with van der Waals surface area (Å²) in [6, 6.07) is 19.6. The molecule has 0 spiro atoms. The lowest BCUT2D eigenvalue weighted by Crippen LogP contribution is -2.47. The van der Waals surface area contributed by atoms with Crippen LogP contribution in [0.5, 0.6) is 5.75 Å². The molecule has 3 aromatic carbocycles. The van der Waals surface area contributed by atoms with E-state index in [4.69, 9.17) is 4.74 Å². The number of alkyl halides is 3. The maximum atomic E-state index is 14.3. The molecule has 2 atom stereocenters. The van der Waals surface area contributed by atoms with Crippen molar-refractivity contribution in [2.75, 3.05) is 6.61 Å². The molecule has 15 heteroatoms. The summed E-state index contributed by atoms with van der Waals surface area (Å²) in [4.78, 5) is 52.1. The zero-order chi connectivity index (χ0) is 37.4. The highest BCUT2D eigenvalue weighted by atomic mass is 79.9. The van der Waals surface area contributed by atoms with Crippen molar-refractivity contribution >= 4 is 27.7 Å². The van der Waals surface area contributed by atoms with E-state index < -0.39 is 36.0 Å². The lowest BCUT2D eigenvalue weighted by atomic mass is 10.0. The first-order valence-corrected chi connectivity index (χ1v) is 17.0. The minimum atomic E-state index is -4.91. The zero-order valence-corrected chi connectivity index (χ0v) is 29.9. The monoisotopic (exact) mass is 778 g/mol. The van der Waals surface area contributed by atoms with Gasteiger partial charge in [-0.15, -0.1) is 0 Å². The number of amides is 2. The first-order chi connectivity index (χ1) is 24.7. The Hall–Kier alpha value is -5.28. The molecule has 2 N–H and O–H groups in total. The van der Waals surface area contributed by atoms with Crippen LogP contribution in [0.3, 0.4) is 0 Å². The number of hydrogen-bond acceptors (Lipinski definition) is 7. The fourth-order valence-corrected chi connectivity index (χ4v) is 6.18. The van der Waals surface area contributed by atoms with Crippen LogP contribution in [0.1, 0.15) is 51.5 Å². The third-order valence-electron chi connectivity index (χ3n) is 8.96. The number of carbonyl (C=O) groups excluding carboxylic acids is 2. The van der Waals surface area contributed by atoms with E-state index in [1.165, 1.54) is 39.7 Å². The van der Waals surface area contributed by atoms with Crippen LogP contribution in [-0.2, 0) is 19.6 Å². The first-order valence-electron chi connectivity index (χ1n) is 16.2. The molecule has 6 rings (SSSR count). The van der Waals surface area contributed by atoms with E-state index in [2.05, 4.69) is 31.2 Å². The van der Waals surface area contributed by atoms with E-state index >= 15 is 0 Å². The summed E-state index contributed by atoms with van der Waals surface area (Å²) in [5, 5.41) is 12.7. The number of hydrogen-bond donors (Lipinski definition) is 2. The Balaban J connectivity index is 1.37. The minimum Gasteiger partial charge on any atom is -0.490 e. The molecule has 0 aliphatic carbocycles. The molecule has 270 valence electrons. The largest absolute Gasteiger partial charge is 0.490 e. The zero-order valence-electron chi connectivity index (χ0n) is 28.3. The smallest absolute Gasteiger partial charge is 0.420 e. The number of aromatic nitrogens is 4. The average Bonchev–Trinajstić information content (AvgIpc) is 3.41. The number of ether oxygens (including phenoxy) is 1. The number of halogens is 4. The summed E-state index contributed by atoms with van der Waals surface area (Å²) in [6.45, 7) is 3.37. The Morgan fingerprint density at radius 1 is 1.08 bits per heavy atom. The van der Waals surface area contributed by atoms with Gasteiger partial charge in [-0.2, -0.15) is 13.2 Å². The number of rotatable bonds is 9. The van der Waals surface area contributed by atoms with Gasteiger partial charge in [-0.3, -0.25) is 18.7 Å². The highest BCUT2D eigenvalue weighted by Gasteiger charge is 2.50. The van der Waals surface area contributed by atoms with E-state index in [0.717, 1.165) is 21.2 Å². The van der Waals surface area contributed by atoms with Crippen LogP contribution >= 0.6 is 15.9 Å². The van der Waals surface area contributed by atoms with Gasteiger partial charge in [0.25, 0.3) is 11.8 Å². The normalized spacial score (nSPS) is 15.5. The second-order valence-corrected chi connectivity index (χ2v) is 13.6. The van der Waals surface area contributed by atoms with Crippen LogP contribution in [0.4, 0.5) is 13.2 Å². The molecule has 0 saturated heterocycles. The fourth-order valence-electron chi connectivity index (χ4n) is 5.94. The van der Waals surface area contributed by atoms with E-state index in [1.54, 1.807) is 35.4 Å². The van der Waals surface area contributed by atoms with Gasteiger partial charge in [-0.25, -0.2) is 14.8 Å². The minimum absolute atomic E-state index is 0.00474. The first kappa shape index (κ1) is 36.5. The summed E-state index contributed by atoms with van der Waals surface area (Å²) >= 11 is 3.46. The van der Waals surface area contributed by atoms with Crippen LogP contribution in [-0.4, -0.2) is 65.3 Å². The van der Waals surface area contributed by atoms with E-state index in [-0.39, 0.29) is 42.7 Å². The standard InChI is InChI=1S/C37H34BrF3N6O5/c1-22-16-24(8-13-29(22)38)34(49)45-19-31-32(33(48)43-17-25-6-4-5-7-28(25)30-14-15-42-21-44-30)47(35(50)46(31)18-23(45)2)26-9-11-27(12-10-26)52-20-36(3,51)37(39,40)41/h4-16,21,23,51H,17-20H2,1-3H3,(H,43,48)/t23-,36+/m0/s1. The van der Waals surface area contributed by atoms with Gasteiger partial charge in [-0.05, 0) is 80.4 Å². The Labute approximate surface area is 304 Å². The van der Waals surface area contributed by atoms with Crippen LogP contribution in [0.25, 0.3) is 16.9 Å². The molecular weight excluding hydrogens is 745 g/mol. The van der Waals surface area contributed by atoms with Gasteiger partial charge < -0.3 is 20.1 Å². The third-order valence-corrected chi connectivity index (χ3v) is 9.85. The highest BCUT2D eigenvalue weighted by Crippen LogP contribution is 2.31. The predicted octanol–water partition coefficient (Wildman–Crippen LogP) is 5.83. The third kappa shape index (κ3) is 7.23. The molecule has 0 radical (unpaired) electrons. The van der Waals surface area contributed by atoms with Crippen molar-refractivity contribution in [2.45, 2.75) is 58.2 Å². The molecule has 1 aliphatic heterocycles. The number of aliphatic hydroxyl groups is 1. The van der Waals surface area contributed by atoms with Crippen molar-refractivity contribution in [2.24, 2.45) is 0 Å². The predicted molar refractivity (Wildman–Crippen MR) is 189 cm³/mol. The summed E-state index contributed by atoms with van der Waals surface area (Å²) < 4.78 is 48.3. The van der Waals surface area contributed by atoms with Gasteiger partial charge in [0.15, 0.2) is 5.60 Å². The molecule has 2 amide bonds. The Morgan fingerprint density at radius 3 is 2.48 bits per heavy atom. The second kappa shape index (κ2) is 14.4. The molecular formula is C37H34BrF3N6O5.